The molecule has 0 fully saturated rings. The zero-order valence-corrected chi connectivity index (χ0v) is 8.31. The van der Waals surface area contributed by atoms with Gasteiger partial charge in [0.15, 0.2) is 0 Å². The highest BCUT2D eigenvalue weighted by atomic mass is 16.3. The van der Waals surface area contributed by atoms with Crippen LogP contribution in [-0.4, -0.2) is 9.67 Å². The SMILES string of the molecule is Cn1cc[n+](C)c1-c1cccc(O)c1. The summed E-state index contributed by atoms with van der Waals surface area (Å²) in [5.74, 6) is 1.37. The number of aromatic nitrogens is 2. The lowest BCUT2D eigenvalue weighted by Crippen LogP contribution is -2.28. The molecule has 2 rings (SSSR count). The summed E-state index contributed by atoms with van der Waals surface area (Å²) in [4.78, 5) is 0. The van der Waals surface area contributed by atoms with Crippen LogP contribution in [0, 0.1) is 0 Å². The molecule has 0 aliphatic heterocycles. The number of phenolic OH excluding ortho intramolecular Hbond substituents is 1. The van der Waals surface area contributed by atoms with Gasteiger partial charge in [-0.2, -0.15) is 0 Å². The predicted molar refractivity (Wildman–Crippen MR) is 53.7 cm³/mol. The minimum absolute atomic E-state index is 0.295. The number of hydrogen-bond donors (Lipinski definition) is 1. The lowest BCUT2D eigenvalue weighted by molar-refractivity contribution is -0.659. The van der Waals surface area contributed by atoms with Crippen molar-refractivity contribution in [3.63, 3.8) is 0 Å². The average Bonchev–Trinajstić information content (AvgIpc) is 2.46. The van der Waals surface area contributed by atoms with E-state index in [1.807, 2.05) is 47.8 Å². The Hall–Kier alpha value is -1.77. The van der Waals surface area contributed by atoms with Gasteiger partial charge < -0.3 is 5.11 Å². The van der Waals surface area contributed by atoms with E-state index in [4.69, 9.17) is 0 Å². The predicted octanol–water partition coefficient (Wildman–Crippen LogP) is 1.22. The normalized spacial score (nSPS) is 10.4. The Balaban J connectivity index is 2.59. The maximum absolute atomic E-state index is 9.38. The summed E-state index contributed by atoms with van der Waals surface area (Å²) in [6.07, 6.45) is 3.97. The molecule has 0 aliphatic carbocycles. The van der Waals surface area contributed by atoms with E-state index in [2.05, 4.69) is 0 Å². The van der Waals surface area contributed by atoms with Gasteiger partial charge in [0.05, 0.1) is 19.7 Å². The summed E-state index contributed by atoms with van der Waals surface area (Å²) >= 11 is 0. The van der Waals surface area contributed by atoms with Crippen LogP contribution in [0.2, 0.25) is 0 Å². The molecule has 14 heavy (non-hydrogen) atoms. The number of hydrogen-bond acceptors (Lipinski definition) is 1. The van der Waals surface area contributed by atoms with Crippen molar-refractivity contribution in [2.75, 3.05) is 0 Å². The molecule has 0 bridgehead atoms. The fourth-order valence-electron chi connectivity index (χ4n) is 1.64. The van der Waals surface area contributed by atoms with E-state index in [9.17, 15) is 5.11 Å². The largest absolute Gasteiger partial charge is 0.508 e. The molecule has 0 amide bonds. The van der Waals surface area contributed by atoms with E-state index >= 15 is 0 Å². The van der Waals surface area contributed by atoms with Gasteiger partial charge in [-0.15, -0.1) is 0 Å². The Kier molecular flexibility index (Phi) is 2.00. The van der Waals surface area contributed by atoms with Crippen LogP contribution in [0.3, 0.4) is 0 Å². The Morgan fingerprint density at radius 2 is 2.14 bits per heavy atom. The molecule has 1 aromatic heterocycles. The first-order valence-electron chi connectivity index (χ1n) is 4.49. The number of imidazole rings is 1. The monoisotopic (exact) mass is 189 g/mol. The summed E-state index contributed by atoms with van der Waals surface area (Å²) in [6.45, 7) is 0. The van der Waals surface area contributed by atoms with Gasteiger partial charge in [-0.3, -0.25) is 0 Å². The van der Waals surface area contributed by atoms with Crippen molar-refractivity contribution in [1.29, 1.82) is 0 Å². The summed E-state index contributed by atoms with van der Waals surface area (Å²) in [6, 6.07) is 7.26. The highest BCUT2D eigenvalue weighted by Gasteiger charge is 2.13. The van der Waals surface area contributed by atoms with Gasteiger partial charge >= 0.3 is 0 Å². The zero-order valence-electron chi connectivity index (χ0n) is 8.31. The van der Waals surface area contributed by atoms with Crippen LogP contribution in [0.1, 0.15) is 0 Å². The summed E-state index contributed by atoms with van der Waals surface area (Å²) in [5, 5.41) is 9.38. The number of rotatable bonds is 1. The van der Waals surface area contributed by atoms with Gasteiger partial charge in [-0.1, -0.05) is 6.07 Å². The molecule has 0 saturated carbocycles. The second-order valence-electron chi connectivity index (χ2n) is 3.39. The van der Waals surface area contributed by atoms with E-state index in [0.717, 1.165) is 11.4 Å². The fraction of sp³-hybridized carbons (Fsp3) is 0.182. The van der Waals surface area contributed by atoms with Crippen molar-refractivity contribution < 1.29 is 9.67 Å². The Morgan fingerprint density at radius 1 is 1.36 bits per heavy atom. The van der Waals surface area contributed by atoms with Crippen LogP contribution in [0.25, 0.3) is 11.4 Å². The third-order valence-electron chi connectivity index (χ3n) is 2.29. The smallest absolute Gasteiger partial charge is 0.288 e. The van der Waals surface area contributed by atoms with Crippen LogP contribution in [0.15, 0.2) is 36.7 Å². The van der Waals surface area contributed by atoms with Crippen molar-refractivity contribution in [1.82, 2.24) is 4.57 Å². The van der Waals surface area contributed by atoms with Gasteiger partial charge in [0.1, 0.15) is 18.1 Å². The molecule has 0 unspecified atom stereocenters. The molecule has 1 aromatic carbocycles. The van der Waals surface area contributed by atoms with Crippen LogP contribution in [-0.2, 0) is 14.1 Å². The van der Waals surface area contributed by atoms with Crippen molar-refractivity contribution in [2.24, 2.45) is 14.1 Å². The molecule has 72 valence electrons. The quantitative estimate of drug-likeness (QED) is 0.671. The first kappa shape index (κ1) is 8.81. The fourth-order valence-corrected chi connectivity index (χ4v) is 1.64. The molecule has 0 saturated heterocycles. The van der Waals surface area contributed by atoms with Crippen molar-refractivity contribution in [3.05, 3.63) is 36.7 Å². The molecule has 0 atom stereocenters. The summed E-state index contributed by atoms with van der Waals surface area (Å²) in [5.41, 5.74) is 1.01. The van der Waals surface area contributed by atoms with Crippen LogP contribution >= 0.6 is 0 Å². The topological polar surface area (TPSA) is 29.0 Å². The third-order valence-corrected chi connectivity index (χ3v) is 2.29. The van der Waals surface area contributed by atoms with E-state index in [-0.39, 0.29) is 0 Å². The second-order valence-corrected chi connectivity index (χ2v) is 3.39. The average molecular weight is 189 g/mol. The van der Waals surface area contributed by atoms with Crippen LogP contribution in [0.5, 0.6) is 5.75 Å². The van der Waals surface area contributed by atoms with Gasteiger partial charge in [-0.25, -0.2) is 9.13 Å². The summed E-state index contributed by atoms with van der Waals surface area (Å²) < 4.78 is 4.05. The number of aryl methyl sites for hydroxylation is 2. The molecule has 0 spiro atoms. The van der Waals surface area contributed by atoms with Gasteiger partial charge in [0, 0.05) is 0 Å². The highest BCUT2D eigenvalue weighted by Crippen LogP contribution is 2.19. The van der Waals surface area contributed by atoms with E-state index < -0.39 is 0 Å². The second kappa shape index (κ2) is 3.18. The van der Waals surface area contributed by atoms with Gasteiger partial charge in [-0.05, 0) is 18.2 Å². The molecule has 1 heterocycles. The molecular formula is C11H13N2O+. The number of aromatic hydroxyl groups is 1. The van der Waals surface area contributed by atoms with E-state index in [0.29, 0.717) is 5.75 Å². The molecule has 0 radical (unpaired) electrons. The van der Waals surface area contributed by atoms with Crippen molar-refractivity contribution >= 4 is 0 Å². The molecule has 0 aliphatic rings. The van der Waals surface area contributed by atoms with Gasteiger partial charge in [0.25, 0.3) is 5.82 Å². The number of nitrogens with zero attached hydrogens (tertiary/aromatic N) is 2. The molecule has 3 nitrogen and oxygen atoms in total. The maximum Gasteiger partial charge on any atom is 0.288 e. The minimum Gasteiger partial charge on any atom is -0.508 e. The minimum atomic E-state index is 0.295. The molecular weight excluding hydrogens is 176 g/mol. The molecule has 2 aromatic rings. The number of benzene rings is 1. The molecule has 3 heteroatoms. The zero-order chi connectivity index (χ0) is 10.1. The lowest BCUT2D eigenvalue weighted by Gasteiger charge is -1.99. The number of phenols is 1. The maximum atomic E-state index is 9.38. The highest BCUT2D eigenvalue weighted by molar-refractivity contribution is 5.55. The van der Waals surface area contributed by atoms with Crippen molar-refractivity contribution in [3.8, 4) is 17.1 Å². The first-order valence-corrected chi connectivity index (χ1v) is 4.49. The van der Waals surface area contributed by atoms with Crippen LogP contribution < -0.4 is 4.57 Å². The molecule has 1 N–H and O–H groups in total. The van der Waals surface area contributed by atoms with Crippen molar-refractivity contribution in [2.45, 2.75) is 0 Å². The van der Waals surface area contributed by atoms with E-state index in [1.54, 1.807) is 12.1 Å². The summed E-state index contributed by atoms with van der Waals surface area (Å²) in [7, 11) is 3.97. The first-order chi connectivity index (χ1) is 6.68. The Bertz CT molecular complexity index is 441. The Morgan fingerprint density at radius 3 is 2.71 bits per heavy atom. The van der Waals surface area contributed by atoms with E-state index in [1.165, 1.54) is 0 Å². The van der Waals surface area contributed by atoms with Crippen LogP contribution in [0.4, 0.5) is 0 Å². The van der Waals surface area contributed by atoms with Gasteiger partial charge in [0.2, 0.25) is 0 Å². The standard InChI is InChI=1S/C11H12N2O/c1-12-6-7-13(2)11(12)9-4-3-5-10(14)8-9/h3-8H,1-2H3/p+1. The Labute approximate surface area is 82.9 Å². The third kappa shape index (κ3) is 1.37. The lowest BCUT2D eigenvalue weighted by atomic mass is 10.2.